The van der Waals surface area contributed by atoms with Gasteiger partial charge in [-0.25, -0.2) is 4.39 Å². The van der Waals surface area contributed by atoms with E-state index in [2.05, 4.69) is 26.4 Å². The predicted molar refractivity (Wildman–Crippen MR) is 80.8 cm³/mol. The van der Waals surface area contributed by atoms with Crippen molar-refractivity contribution in [1.82, 2.24) is 5.32 Å². The predicted octanol–water partition coefficient (Wildman–Crippen LogP) is 2.77. The highest BCUT2D eigenvalue weighted by atomic mass is 79.9. The topological polar surface area (TPSA) is 87.7 Å². The van der Waals surface area contributed by atoms with E-state index in [-0.39, 0.29) is 15.9 Å². The third-order valence-electron chi connectivity index (χ3n) is 3.85. The van der Waals surface area contributed by atoms with Crippen molar-refractivity contribution in [2.75, 3.05) is 0 Å². The molecule has 0 atom stereocenters. The van der Waals surface area contributed by atoms with Gasteiger partial charge in [-0.3, -0.25) is 4.79 Å². The van der Waals surface area contributed by atoms with Crippen molar-refractivity contribution < 1.29 is 14.4 Å². The van der Waals surface area contributed by atoms with Gasteiger partial charge < -0.3 is 16.3 Å². The summed E-state index contributed by atoms with van der Waals surface area (Å²) in [7, 11) is 0. The first-order valence-electron chi connectivity index (χ1n) is 6.75. The molecule has 0 radical (unpaired) electrons. The molecule has 0 aliphatic heterocycles. The van der Waals surface area contributed by atoms with Crippen LogP contribution in [-0.2, 0) is 0 Å². The summed E-state index contributed by atoms with van der Waals surface area (Å²) in [5.74, 6) is -1.23. The number of rotatable bonds is 3. The van der Waals surface area contributed by atoms with Crippen LogP contribution in [0.3, 0.4) is 0 Å². The molecule has 114 valence electrons. The average Bonchev–Trinajstić information content (AvgIpc) is 2.50. The molecular formula is C14H17BrFN3O2. The van der Waals surface area contributed by atoms with Gasteiger partial charge in [0.05, 0.1) is 10.0 Å². The Kier molecular flexibility index (Phi) is 4.82. The first kappa shape index (κ1) is 15.8. The molecule has 1 aliphatic carbocycles. The van der Waals surface area contributed by atoms with Gasteiger partial charge >= 0.3 is 0 Å². The van der Waals surface area contributed by atoms with Crippen molar-refractivity contribution in [1.29, 1.82) is 0 Å². The summed E-state index contributed by atoms with van der Waals surface area (Å²) < 4.78 is 14.2. The van der Waals surface area contributed by atoms with Gasteiger partial charge in [-0.05, 0) is 40.9 Å². The van der Waals surface area contributed by atoms with E-state index >= 15 is 0 Å². The number of benzene rings is 1. The molecular weight excluding hydrogens is 341 g/mol. The van der Waals surface area contributed by atoms with Crippen molar-refractivity contribution in [2.45, 2.75) is 37.6 Å². The molecule has 7 heteroatoms. The quantitative estimate of drug-likeness (QED) is 0.336. The highest BCUT2D eigenvalue weighted by Crippen LogP contribution is 2.29. The minimum absolute atomic E-state index is 0.0362. The smallest absolute Gasteiger partial charge is 0.255 e. The zero-order valence-corrected chi connectivity index (χ0v) is 13.0. The molecule has 5 nitrogen and oxygen atoms in total. The van der Waals surface area contributed by atoms with E-state index in [1.165, 1.54) is 12.1 Å². The van der Waals surface area contributed by atoms with Gasteiger partial charge in [0, 0.05) is 0 Å². The van der Waals surface area contributed by atoms with Gasteiger partial charge in [0.25, 0.3) is 5.91 Å². The molecule has 1 amide bonds. The SMILES string of the molecule is N/C(=N/O)C1(NC(=O)c2cccc(Br)c2F)CCCCC1. The molecule has 1 fully saturated rings. The monoisotopic (exact) mass is 357 g/mol. The molecule has 1 aliphatic rings. The van der Waals surface area contributed by atoms with Crippen LogP contribution in [0.2, 0.25) is 0 Å². The summed E-state index contributed by atoms with van der Waals surface area (Å²) in [6, 6.07) is 4.50. The van der Waals surface area contributed by atoms with E-state index in [0.717, 1.165) is 19.3 Å². The number of amides is 1. The maximum absolute atomic E-state index is 14.0. The second-order valence-corrected chi connectivity index (χ2v) is 6.04. The number of hydrogen-bond donors (Lipinski definition) is 3. The highest BCUT2D eigenvalue weighted by molar-refractivity contribution is 9.10. The number of nitrogens with zero attached hydrogens (tertiary/aromatic N) is 1. The van der Waals surface area contributed by atoms with Gasteiger partial charge in [-0.15, -0.1) is 0 Å². The van der Waals surface area contributed by atoms with Crippen LogP contribution in [-0.4, -0.2) is 22.5 Å². The van der Waals surface area contributed by atoms with Crippen molar-refractivity contribution >= 4 is 27.7 Å². The lowest BCUT2D eigenvalue weighted by atomic mass is 9.80. The summed E-state index contributed by atoms with van der Waals surface area (Å²) in [4.78, 5) is 12.3. The van der Waals surface area contributed by atoms with Crippen LogP contribution in [0.25, 0.3) is 0 Å². The lowest BCUT2D eigenvalue weighted by Gasteiger charge is -2.36. The van der Waals surface area contributed by atoms with Gasteiger partial charge in [-0.2, -0.15) is 0 Å². The van der Waals surface area contributed by atoms with Gasteiger partial charge in [0.2, 0.25) is 0 Å². The third-order valence-corrected chi connectivity index (χ3v) is 4.47. The molecule has 0 bridgehead atoms. The van der Waals surface area contributed by atoms with Gasteiger partial charge in [0.15, 0.2) is 5.84 Å². The van der Waals surface area contributed by atoms with Crippen LogP contribution in [0, 0.1) is 5.82 Å². The minimum atomic E-state index is -0.904. The maximum atomic E-state index is 14.0. The Morgan fingerprint density at radius 3 is 2.67 bits per heavy atom. The molecule has 1 aromatic rings. The first-order chi connectivity index (χ1) is 10.00. The molecule has 0 saturated heterocycles. The Morgan fingerprint density at radius 2 is 2.05 bits per heavy atom. The van der Waals surface area contributed by atoms with Crippen LogP contribution >= 0.6 is 15.9 Å². The Labute approximate surface area is 130 Å². The van der Waals surface area contributed by atoms with E-state index in [4.69, 9.17) is 10.9 Å². The van der Waals surface area contributed by atoms with Crippen molar-refractivity contribution in [3.63, 3.8) is 0 Å². The number of nitrogens with one attached hydrogen (secondary N) is 1. The number of carbonyl (C=O) groups is 1. The van der Waals surface area contributed by atoms with Crippen molar-refractivity contribution in [3.05, 3.63) is 34.1 Å². The second-order valence-electron chi connectivity index (χ2n) is 5.18. The molecule has 0 aromatic heterocycles. The van der Waals surface area contributed by atoms with Gasteiger partial charge in [-0.1, -0.05) is 30.5 Å². The Bertz CT molecular complexity index is 571. The summed E-state index contributed by atoms with van der Waals surface area (Å²) in [5, 5.41) is 14.8. The van der Waals surface area contributed by atoms with E-state index in [0.29, 0.717) is 12.8 Å². The largest absolute Gasteiger partial charge is 0.409 e. The number of oxime groups is 1. The molecule has 1 saturated carbocycles. The lowest BCUT2D eigenvalue weighted by molar-refractivity contribution is 0.0901. The van der Waals surface area contributed by atoms with Crippen molar-refractivity contribution in [2.24, 2.45) is 10.9 Å². The lowest BCUT2D eigenvalue weighted by Crippen LogP contribution is -2.58. The fraction of sp³-hybridized carbons (Fsp3) is 0.429. The summed E-state index contributed by atoms with van der Waals surface area (Å²) in [6.45, 7) is 0. The van der Waals surface area contributed by atoms with Crippen LogP contribution in [0.4, 0.5) is 4.39 Å². The Hall–Kier alpha value is -1.63. The zero-order valence-electron chi connectivity index (χ0n) is 11.4. The summed E-state index contributed by atoms with van der Waals surface area (Å²) in [5.41, 5.74) is 4.79. The van der Waals surface area contributed by atoms with Crippen LogP contribution in [0.5, 0.6) is 0 Å². The van der Waals surface area contributed by atoms with Crippen LogP contribution in [0.1, 0.15) is 42.5 Å². The second kappa shape index (κ2) is 6.43. The van der Waals surface area contributed by atoms with Crippen molar-refractivity contribution in [3.8, 4) is 0 Å². The molecule has 0 spiro atoms. The fourth-order valence-corrected chi connectivity index (χ4v) is 3.03. The zero-order chi connectivity index (χ0) is 15.5. The van der Waals surface area contributed by atoms with E-state index in [9.17, 15) is 9.18 Å². The first-order valence-corrected chi connectivity index (χ1v) is 7.54. The Morgan fingerprint density at radius 1 is 1.38 bits per heavy atom. The normalized spacial score (nSPS) is 18.3. The molecule has 0 unspecified atom stereocenters. The van der Waals surface area contributed by atoms with E-state index in [1.807, 2.05) is 0 Å². The number of hydrogen-bond acceptors (Lipinski definition) is 3. The fourth-order valence-electron chi connectivity index (χ4n) is 2.66. The van der Waals surface area contributed by atoms with Crippen LogP contribution in [0.15, 0.2) is 27.8 Å². The standard InChI is InChI=1S/C14H17BrFN3O2/c15-10-6-4-5-9(11(10)16)12(20)18-14(13(17)19-21)7-2-1-3-8-14/h4-6,21H,1-3,7-8H2,(H2,17,19)(H,18,20). The summed E-state index contributed by atoms with van der Waals surface area (Å²) in [6.07, 6.45) is 3.89. The molecule has 4 N–H and O–H groups in total. The number of amidine groups is 1. The molecule has 0 heterocycles. The maximum Gasteiger partial charge on any atom is 0.255 e. The minimum Gasteiger partial charge on any atom is -0.409 e. The van der Waals surface area contributed by atoms with E-state index < -0.39 is 17.3 Å². The molecule has 21 heavy (non-hydrogen) atoms. The Balaban J connectivity index is 2.28. The third kappa shape index (κ3) is 3.18. The molecule has 1 aromatic carbocycles. The van der Waals surface area contributed by atoms with Gasteiger partial charge in [0.1, 0.15) is 11.4 Å². The number of carbonyl (C=O) groups excluding carboxylic acids is 1. The van der Waals surface area contributed by atoms with Crippen LogP contribution < -0.4 is 11.1 Å². The molecule has 2 rings (SSSR count). The number of halogens is 2. The average molecular weight is 358 g/mol. The highest BCUT2D eigenvalue weighted by Gasteiger charge is 2.38. The number of nitrogens with two attached hydrogens (primary N) is 1. The van der Waals surface area contributed by atoms with E-state index in [1.54, 1.807) is 6.07 Å². The summed E-state index contributed by atoms with van der Waals surface area (Å²) >= 11 is 3.05.